The SMILES string of the molecule is CC1CC1CN(C)c1ncc(CNC2CC2)cc1Cl. The third kappa shape index (κ3) is 3.40. The van der Waals surface area contributed by atoms with E-state index in [1.807, 2.05) is 12.3 Å². The summed E-state index contributed by atoms with van der Waals surface area (Å²) in [6.07, 6.45) is 5.90. The fraction of sp³-hybridized carbons (Fsp3) is 0.667. The van der Waals surface area contributed by atoms with Gasteiger partial charge in [-0.1, -0.05) is 18.5 Å². The molecule has 0 aliphatic heterocycles. The van der Waals surface area contributed by atoms with Gasteiger partial charge in [0.25, 0.3) is 0 Å². The molecule has 19 heavy (non-hydrogen) atoms. The Balaban J connectivity index is 1.60. The van der Waals surface area contributed by atoms with Gasteiger partial charge in [-0.15, -0.1) is 0 Å². The number of pyridine rings is 1. The second-order valence-electron chi connectivity index (χ2n) is 6.16. The van der Waals surface area contributed by atoms with E-state index in [2.05, 4.69) is 29.2 Å². The Morgan fingerprint density at radius 2 is 2.21 bits per heavy atom. The number of hydrogen-bond acceptors (Lipinski definition) is 3. The predicted octanol–water partition coefficient (Wildman–Crippen LogP) is 3.08. The summed E-state index contributed by atoms with van der Waals surface area (Å²) in [5.41, 5.74) is 1.17. The van der Waals surface area contributed by atoms with Crippen molar-refractivity contribution in [3.8, 4) is 0 Å². The highest BCUT2D eigenvalue weighted by Crippen LogP contribution is 2.39. The quantitative estimate of drug-likeness (QED) is 0.867. The molecular formula is C15H22ClN3. The van der Waals surface area contributed by atoms with Crippen molar-refractivity contribution in [2.24, 2.45) is 11.8 Å². The van der Waals surface area contributed by atoms with Gasteiger partial charge in [0.1, 0.15) is 5.82 Å². The normalized spacial score (nSPS) is 25.4. The standard InChI is InChI=1S/C15H22ClN3/c1-10-5-12(10)9-19(2)15-14(16)6-11(8-18-15)7-17-13-3-4-13/h6,8,10,12-13,17H,3-5,7,9H2,1-2H3. The van der Waals surface area contributed by atoms with Gasteiger partial charge in [-0.3, -0.25) is 0 Å². The molecule has 0 aromatic carbocycles. The van der Waals surface area contributed by atoms with E-state index >= 15 is 0 Å². The minimum absolute atomic E-state index is 0.720. The largest absolute Gasteiger partial charge is 0.358 e. The van der Waals surface area contributed by atoms with Crippen LogP contribution in [0.4, 0.5) is 5.82 Å². The minimum Gasteiger partial charge on any atom is -0.358 e. The summed E-state index contributed by atoms with van der Waals surface area (Å²) in [4.78, 5) is 6.73. The molecule has 2 aliphatic rings. The zero-order valence-corrected chi connectivity index (χ0v) is 12.5. The summed E-state index contributed by atoms with van der Waals surface area (Å²) in [6, 6.07) is 2.77. The maximum Gasteiger partial charge on any atom is 0.147 e. The first-order valence-corrected chi connectivity index (χ1v) is 7.60. The van der Waals surface area contributed by atoms with Crippen LogP contribution in [-0.4, -0.2) is 24.6 Å². The Hall–Kier alpha value is -0.800. The van der Waals surface area contributed by atoms with Gasteiger partial charge < -0.3 is 10.2 Å². The zero-order valence-electron chi connectivity index (χ0n) is 11.7. The monoisotopic (exact) mass is 279 g/mol. The van der Waals surface area contributed by atoms with Crippen molar-refractivity contribution in [1.29, 1.82) is 0 Å². The van der Waals surface area contributed by atoms with Crippen LogP contribution in [0.15, 0.2) is 12.3 Å². The fourth-order valence-corrected chi connectivity index (χ4v) is 2.82. The van der Waals surface area contributed by atoms with E-state index in [1.54, 1.807) is 0 Å². The molecule has 2 fully saturated rings. The average molecular weight is 280 g/mol. The number of nitrogens with zero attached hydrogens (tertiary/aromatic N) is 2. The molecule has 3 nitrogen and oxygen atoms in total. The highest BCUT2D eigenvalue weighted by Gasteiger charge is 2.33. The number of nitrogens with one attached hydrogen (secondary N) is 1. The molecule has 2 aliphatic carbocycles. The van der Waals surface area contributed by atoms with Crippen molar-refractivity contribution in [1.82, 2.24) is 10.3 Å². The Kier molecular flexibility index (Phi) is 3.68. The van der Waals surface area contributed by atoms with E-state index in [0.717, 1.165) is 41.8 Å². The number of anilines is 1. The molecule has 1 N–H and O–H groups in total. The van der Waals surface area contributed by atoms with Crippen molar-refractivity contribution < 1.29 is 0 Å². The fourth-order valence-electron chi connectivity index (χ4n) is 2.49. The van der Waals surface area contributed by atoms with Crippen LogP contribution in [0.5, 0.6) is 0 Å². The predicted molar refractivity (Wildman–Crippen MR) is 79.6 cm³/mol. The molecular weight excluding hydrogens is 258 g/mol. The topological polar surface area (TPSA) is 28.2 Å². The highest BCUT2D eigenvalue weighted by molar-refractivity contribution is 6.33. The van der Waals surface area contributed by atoms with Gasteiger partial charge in [0, 0.05) is 32.4 Å². The maximum absolute atomic E-state index is 6.36. The lowest BCUT2D eigenvalue weighted by Gasteiger charge is -2.19. The number of hydrogen-bond donors (Lipinski definition) is 1. The van der Waals surface area contributed by atoms with Gasteiger partial charge >= 0.3 is 0 Å². The van der Waals surface area contributed by atoms with E-state index in [9.17, 15) is 0 Å². The van der Waals surface area contributed by atoms with Crippen LogP contribution >= 0.6 is 11.6 Å². The molecule has 2 saturated carbocycles. The lowest BCUT2D eigenvalue weighted by atomic mass is 10.2. The lowest BCUT2D eigenvalue weighted by molar-refractivity contribution is 0.684. The van der Waals surface area contributed by atoms with Gasteiger partial charge in [-0.05, 0) is 42.7 Å². The molecule has 4 heteroatoms. The molecule has 0 amide bonds. The zero-order chi connectivity index (χ0) is 13.4. The molecule has 1 heterocycles. The average Bonchev–Trinajstić information content (AvgIpc) is 3.27. The van der Waals surface area contributed by atoms with E-state index in [4.69, 9.17) is 11.6 Å². The number of aromatic nitrogens is 1. The summed E-state index contributed by atoms with van der Waals surface area (Å²) in [5, 5.41) is 4.25. The van der Waals surface area contributed by atoms with Crippen molar-refractivity contribution >= 4 is 17.4 Å². The Morgan fingerprint density at radius 3 is 2.79 bits per heavy atom. The molecule has 0 saturated heterocycles. The van der Waals surface area contributed by atoms with E-state index in [0.29, 0.717) is 0 Å². The number of halogens is 1. The first-order valence-electron chi connectivity index (χ1n) is 7.22. The van der Waals surface area contributed by atoms with Crippen molar-refractivity contribution in [3.63, 3.8) is 0 Å². The van der Waals surface area contributed by atoms with Crippen LogP contribution in [0.25, 0.3) is 0 Å². The molecule has 0 bridgehead atoms. The molecule has 104 valence electrons. The highest BCUT2D eigenvalue weighted by atomic mass is 35.5. The second kappa shape index (κ2) is 5.29. The van der Waals surface area contributed by atoms with E-state index < -0.39 is 0 Å². The summed E-state index contributed by atoms with van der Waals surface area (Å²) in [6.45, 7) is 4.24. The van der Waals surface area contributed by atoms with Crippen LogP contribution in [0.1, 0.15) is 31.7 Å². The smallest absolute Gasteiger partial charge is 0.147 e. The molecule has 1 aromatic heterocycles. The minimum atomic E-state index is 0.720. The first-order chi connectivity index (χ1) is 9.13. The van der Waals surface area contributed by atoms with Crippen LogP contribution in [0.3, 0.4) is 0 Å². The summed E-state index contributed by atoms with van der Waals surface area (Å²) in [5.74, 6) is 2.60. The third-order valence-electron chi connectivity index (χ3n) is 4.20. The van der Waals surface area contributed by atoms with E-state index in [-0.39, 0.29) is 0 Å². The molecule has 3 rings (SSSR count). The molecule has 2 unspecified atom stereocenters. The van der Waals surface area contributed by atoms with Crippen molar-refractivity contribution in [2.45, 2.75) is 38.8 Å². The summed E-state index contributed by atoms with van der Waals surface area (Å²) >= 11 is 6.36. The van der Waals surface area contributed by atoms with Gasteiger partial charge in [-0.2, -0.15) is 0 Å². The van der Waals surface area contributed by atoms with Crippen molar-refractivity contribution in [2.75, 3.05) is 18.5 Å². The summed E-state index contributed by atoms with van der Waals surface area (Å²) in [7, 11) is 2.08. The Morgan fingerprint density at radius 1 is 1.47 bits per heavy atom. The Labute approximate surface area is 120 Å². The van der Waals surface area contributed by atoms with Crippen LogP contribution in [0.2, 0.25) is 5.02 Å². The molecule has 0 radical (unpaired) electrons. The third-order valence-corrected chi connectivity index (χ3v) is 4.47. The Bertz CT molecular complexity index is 459. The molecule has 2 atom stereocenters. The van der Waals surface area contributed by atoms with Gasteiger partial charge in [-0.25, -0.2) is 4.98 Å². The van der Waals surface area contributed by atoms with Gasteiger partial charge in [0.2, 0.25) is 0 Å². The van der Waals surface area contributed by atoms with E-state index in [1.165, 1.54) is 24.8 Å². The second-order valence-corrected chi connectivity index (χ2v) is 6.56. The van der Waals surface area contributed by atoms with Gasteiger partial charge in [0.15, 0.2) is 0 Å². The molecule has 0 spiro atoms. The van der Waals surface area contributed by atoms with Crippen molar-refractivity contribution in [3.05, 3.63) is 22.8 Å². The lowest BCUT2D eigenvalue weighted by Crippen LogP contribution is -2.22. The molecule has 1 aromatic rings. The summed E-state index contributed by atoms with van der Waals surface area (Å²) < 4.78 is 0. The van der Waals surface area contributed by atoms with Crippen LogP contribution in [-0.2, 0) is 6.54 Å². The first kappa shape index (κ1) is 13.2. The van der Waals surface area contributed by atoms with Crippen LogP contribution < -0.4 is 10.2 Å². The number of rotatable bonds is 6. The van der Waals surface area contributed by atoms with Crippen LogP contribution in [0, 0.1) is 11.8 Å². The van der Waals surface area contributed by atoms with Gasteiger partial charge in [0.05, 0.1) is 5.02 Å². The maximum atomic E-state index is 6.36.